The minimum atomic E-state index is -1.14. The summed E-state index contributed by atoms with van der Waals surface area (Å²) in [5.41, 5.74) is 0.185. The fraction of sp³-hybridized carbons (Fsp3) is 0.0667. The van der Waals surface area contributed by atoms with Crippen molar-refractivity contribution in [3.05, 3.63) is 59.4 Å². The Morgan fingerprint density at radius 3 is 2.48 bits per heavy atom. The zero-order chi connectivity index (χ0) is 15.4. The lowest BCUT2D eigenvalue weighted by Gasteiger charge is -2.09. The smallest absolute Gasteiger partial charge is 0.339 e. The molecule has 0 aliphatic rings. The third kappa shape index (κ3) is 3.17. The summed E-state index contributed by atoms with van der Waals surface area (Å²) >= 11 is 0. The van der Waals surface area contributed by atoms with E-state index in [4.69, 9.17) is 9.84 Å². The zero-order valence-electron chi connectivity index (χ0n) is 11.1. The number of benzene rings is 2. The summed E-state index contributed by atoms with van der Waals surface area (Å²) in [7, 11) is 1.32. The molecular weight excluding hydrogens is 277 g/mol. The Bertz CT molecular complexity index is 700. The first-order chi connectivity index (χ1) is 10.0. The number of ether oxygens (including phenoxy) is 1. The van der Waals surface area contributed by atoms with Crippen LogP contribution < -0.4 is 10.1 Å². The van der Waals surface area contributed by atoms with Gasteiger partial charge in [0.2, 0.25) is 0 Å². The van der Waals surface area contributed by atoms with Crippen molar-refractivity contribution in [1.82, 2.24) is 0 Å². The predicted octanol–water partition coefficient (Wildman–Crippen LogP) is 2.78. The maximum atomic E-state index is 13.5. The molecule has 6 heteroatoms. The van der Waals surface area contributed by atoms with Crippen LogP contribution in [0.4, 0.5) is 10.1 Å². The molecule has 0 radical (unpaired) electrons. The first-order valence-corrected chi connectivity index (χ1v) is 6.00. The molecule has 0 saturated carbocycles. The summed E-state index contributed by atoms with van der Waals surface area (Å²) in [4.78, 5) is 22.9. The third-order valence-corrected chi connectivity index (χ3v) is 2.81. The van der Waals surface area contributed by atoms with Crippen LogP contribution in [0.5, 0.6) is 5.75 Å². The van der Waals surface area contributed by atoms with E-state index in [9.17, 15) is 14.0 Å². The molecule has 0 saturated heterocycles. The van der Waals surface area contributed by atoms with Gasteiger partial charge in [-0.25, -0.2) is 9.18 Å². The van der Waals surface area contributed by atoms with Gasteiger partial charge in [0.25, 0.3) is 5.91 Å². The van der Waals surface area contributed by atoms with Gasteiger partial charge in [-0.1, -0.05) is 12.1 Å². The molecule has 2 rings (SSSR count). The quantitative estimate of drug-likeness (QED) is 0.907. The zero-order valence-corrected chi connectivity index (χ0v) is 11.1. The number of carbonyl (C=O) groups excluding carboxylic acids is 1. The van der Waals surface area contributed by atoms with Gasteiger partial charge in [0.15, 0.2) is 0 Å². The van der Waals surface area contributed by atoms with Crippen LogP contribution in [-0.2, 0) is 0 Å². The van der Waals surface area contributed by atoms with Gasteiger partial charge in [-0.3, -0.25) is 4.79 Å². The van der Waals surface area contributed by atoms with Crippen molar-refractivity contribution in [3.8, 4) is 5.75 Å². The second-order valence-corrected chi connectivity index (χ2v) is 4.15. The molecule has 0 atom stereocenters. The number of anilines is 1. The molecule has 108 valence electrons. The lowest BCUT2D eigenvalue weighted by Crippen LogP contribution is -2.14. The number of hydrogen-bond acceptors (Lipinski definition) is 3. The van der Waals surface area contributed by atoms with E-state index in [0.717, 1.165) is 0 Å². The Morgan fingerprint density at radius 1 is 1.14 bits per heavy atom. The van der Waals surface area contributed by atoms with Gasteiger partial charge in [0.1, 0.15) is 17.1 Å². The van der Waals surface area contributed by atoms with Crippen LogP contribution in [0.25, 0.3) is 0 Å². The summed E-state index contributed by atoms with van der Waals surface area (Å²) in [6.45, 7) is 0. The van der Waals surface area contributed by atoms with Gasteiger partial charge >= 0.3 is 5.97 Å². The number of carbonyl (C=O) groups is 2. The van der Waals surface area contributed by atoms with Crippen molar-refractivity contribution >= 4 is 17.6 Å². The van der Waals surface area contributed by atoms with Crippen LogP contribution >= 0.6 is 0 Å². The molecule has 0 unspecified atom stereocenters. The number of carboxylic acids is 1. The van der Waals surface area contributed by atoms with Gasteiger partial charge in [0, 0.05) is 11.8 Å². The lowest BCUT2D eigenvalue weighted by atomic mass is 10.1. The van der Waals surface area contributed by atoms with Crippen LogP contribution in [-0.4, -0.2) is 24.1 Å². The number of methoxy groups -OCH3 is 1. The Labute approximate surface area is 120 Å². The Morgan fingerprint density at radius 2 is 1.86 bits per heavy atom. The van der Waals surface area contributed by atoms with Crippen molar-refractivity contribution < 1.29 is 23.8 Å². The van der Waals surface area contributed by atoms with E-state index in [-0.39, 0.29) is 16.9 Å². The van der Waals surface area contributed by atoms with Gasteiger partial charge in [-0.05, 0) is 24.3 Å². The van der Waals surface area contributed by atoms with Crippen LogP contribution in [0.2, 0.25) is 0 Å². The van der Waals surface area contributed by atoms with Crippen LogP contribution in [0.1, 0.15) is 20.7 Å². The highest BCUT2D eigenvalue weighted by molar-refractivity contribution is 6.04. The average molecular weight is 289 g/mol. The van der Waals surface area contributed by atoms with E-state index < -0.39 is 17.7 Å². The molecule has 0 heterocycles. The predicted molar refractivity (Wildman–Crippen MR) is 74.3 cm³/mol. The maximum absolute atomic E-state index is 13.5. The molecule has 2 aromatic rings. The number of amides is 1. The fourth-order valence-corrected chi connectivity index (χ4v) is 1.79. The molecule has 0 bridgehead atoms. The minimum absolute atomic E-state index is 0.0265. The molecule has 21 heavy (non-hydrogen) atoms. The second kappa shape index (κ2) is 6.04. The average Bonchev–Trinajstić information content (AvgIpc) is 2.47. The summed E-state index contributed by atoms with van der Waals surface area (Å²) in [6, 6.07) is 9.64. The van der Waals surface area contributed by atoms with Gasteiger partial charge < -0.3 is 15.2 Å². The summed E-state index contributed by atoms with van der Waals surface area (Å²) in [6.07, 6.45) is 0. The van der Waals surface area contributed by atoms with Gasteiger partial charge in [0.05, 0.1) is 12.7 Å². The summed E-state index contributed by atoms with van der Waals surface area (Å²) < 4.78 is 18.4. The van der Waals surface area contributed by atoms with Crippen molar-refractivity contribution in [1.29, 1.82) is 0 Å². The molecule has 0 fully saturated rings. The molecule has 0 aromatic heterocycles. The minimum Gasteiger partial charge on any atom is -0.496 e. The van der Waals surface area contributed by atoms with Crippen LogP contribution in [0, 0.1) is 5.82 Å². The van der Waals surface area contributed by atoms with Crippen molar-refractivity contribution in [3.63, 3.8) is 0 Å². The van der Waals surface area contributed by atoms with Gasteiger partial charge in [-0.15, -0.1) is 0 Å². The number of rotatable bonds is 4. The highest BCUT2D eigenvalue weighted by Gasteiger charge is 2.14. The number of hydrogen-bond donors (Lipinski definition) is 2. The Kier molecular flexibility index (Phi) is 4.18. The Hall–Kier alpha value is -2.89. The van der Waals surface area contributed by atoms with Crippen LogP contribution in [0.3, 0.4) is 0 Å². The normalized spacial score (nSPS) is 10.0. The number of carboxylic acid groups (broad SMARTS) is 1. The molecule has 2 N–H and O–H groups in total. The topological polar surface area (TPSA) is 75.6 Å². The molecule has 0 aliphatic carbocycles. The highest BCUT2D eigenvalue weighted by Crippen LogP contribution is 2.23. The monoisotopic (exact) mass is 289 g/mol. The first-order valence-electron chi connectivity index (χ1n) is 6.00. The first kappa shape index (κ1) is 14.5. The largest absolute Gasteiger partial charge is 0.496 e. The summed E-state index contributed by atoms with van der Waals surface area (Å²) in [5.74, 6) is -2.30. The van der Waals surface area contributed by atoms with E-state index in [1.54, 1.807) is 6.07 Å². The molecule has 0 aliphatic heterocycles. The van der Waals surface area contributed by atoms with E-state index in [0.29, 0.717) is 5.69 Å². The maximum Gasteiger partial charge on any atom is 0.339 e. The standard InChI is InChI=1S/C15H12FNO4/c1-21-13-8-9(6-7-11(13)15(19)20)17-14(18)10-4-2-3-5-12(10)16/h2-8H,1H3,(H,17,18)(H,19,20). The molecule has 1 amide bonds. The van der Waals surface area contributed by atoms with Crippen LogP contribution in [0.15, 0.2) is 42.5 Å². The number of aromatic carboxylic acids is 1. The second-order valence-electron chi connectivity index (χ2n) is 4.15. The van der Waals surface area contributed by atoms with E-state index >= 15 is 0 Å². The Balaban J connectivity index is 2.26. The molecule has 2 aromatic carbocycles. The number of halogens is 1. The van der Waals surface area contributed by atoms with E-state index in [1.807, 2.05) is 0 Å². The summed E-state index contributed by atoms with van der Waals surface area (Å²) in [5, 5.41) is 11.5. The highest BCUT2D eigenvalue weighted by atomic mass is 19.1. The van der Waals surface area contributed by atoms with Crippen molar-refractivity contribution in [2.24, 2.45) is 0 Å². The fourth-order valence-electron chi connectivity index (χ4n) is 1.79. The van der Waals surface area contributed by atoms with E-state index in [1.165, 1.54) is 43.5 Å². The SMILES string of the molecule is COc1cc(NC(=O)c2ccccc2F)ccc1C(=O)O. The third-order valence-electron chi connectivity index (χ3n) is 2.81. The van der Waals surface area contributed by atoms with Crippen molar-refractivity contribution in [2.75, 3.05) is 12.4 Å². The lowest BCUT2D eigenvalue weighted by molar-refractivity contribution is 0.0693. The van der Waals surface area contributed by atoms with Crippen molar-refractivity contribution in [2.45, 2.75) is 0 Å². The number of nitrogens with one attached hydrogen (secondary N) is 1. The molecular formula is C15H12FNO4. The molecule has 0 spiro atoms. The van der Waals surface area contributed by atoms with E-state index in [2.05, 4.69) is 5.32 Å². The van der Waals surface area contributed by atoms with Gasteiger partial charge in [-0.2, -0.15) is 0 Å². The molecule has 5 nitrogen and oxygen atoms in total.